The molecule has 0 radical (unpaired) electrons. The van der Waals surface area contributed by atoms with Crippen LogP contribution in [0, 0.1) is 36.4 Å². The van der Waals surface area contributed by atoms with Crippen molar-refractivity contribution < 1.29 is 23.8 Å². The van der Waals surface area contributed by atoms with Crippen molar-refractivity contribution in [3.63, 3.8) is 0 Å². The van der Waals surface area contributed by atoms with Crippen molar-refractivity contribution in [1.29, 1.82) is 5.26 Å². The van der Waals surface area contributed by atoms with E-state index in [9.17, 15) is 24.3 Å². The molecule has 2 saturated carbocycles. The highest BCUT2D eigenvalue weighted by molar-refractivity contribution is 5.88. The number of nitrogens with zero attached hydrogens (tertiary/aromatic N) is 2. The number of aliphatic hydroxyl groups is 1. The molecule has 2 fully saturated rings. The number of pyridine rings is 1. The summed E-state index contributed by atoms with van der Waals surface area (Å²) in [6, 6.07) is 11.8. The molecule has 3 aromatic rings. The van der Waals surface area contributed by atoms with Gasteiger partial charge in [-0.15, -0.1) is 0 Å². The minimum Gasteiger partial charge on any atom is -0.490 e. The molecule has 0 bridgehead atoms. The molecule has 0 spiro atoms. The molecule has 43 heavy (non-hydrogen) atoms. The molecule has 1 aromatic heterocycles. The van der Waals surface area contributed by atoms with E-state index in [-0.39, 0.29) is 29.4 Å². The first-order valence-electron chi connectivity index (χ1n) is 14.7. The van der Waals surface area contributed by atoms with Gasteiger partial charge in [0.1, 0.15) is 28.5 Å². The van der Waals surface area contributed by atoms with Gasteiger partial charge in [-0.25, -0.2) is 4.39 Å². The van der Waals surface area contributed by atoms with E-state index >= 15 is 0 Å². The molecule has 0 unspecified atom stereocenters. The molecule has 9 heteroatoms. The predicted octanol–water partition coefficient (Wildman–Crippen LogP) is 5.94. The zero-order valence-electron chi connectivity index (χ0n) is 25.3. The highest BCUT2D eigenvalue weighted by Gasteiger charge is 2.51. The summed E-state index contributed by atoms with van der Waals surface area (Å²) in [7, 11) is 1.66. The lowest BCUT2D eigenvalue weighted by Gasteiger charge is -2.30. The number of hydrogen-bond donors (Lipinski definition) is 2. The minimum absolute atomic E-state index is 0.0213. The monoisotopic (exact) mass is 587 g/mol. The van der Waals surface area contributed by atoms with Crippen LogP contribution in [0.2, 0.25) is 0 Å². The normalized spacial score (nSPS) is 19.3. The number of hydrogen-bond acceptors (Lipinski definition) is 6. The number of carbonyl (C=O) groups is 1. The zero-order valence-corrected chi connectivity index (χ0v) is 25.3. The Morgan fingerprint density at radius 2 is 1.72 bits per heavy atom. The van der Waals surface area contributed by atoms with Gasteiger partial charge in [0.05, 0.1) is 17.8 Å². The fourth-order valence-electron chi connectivity index (χ4n) is 5.63. The van der Waals surface area contributed by atoms with Gasteiger partial charge in [0.25, 0.3) is 5.56 Å². The molecular formula is C34H38FN3O5. The first kappa shape index (κ1) is 30.3. The van der Waals surface area contributed by atoms with Crippen molar-refractivity contribution in [3.8, 4) is 34.4 Å². The van der Waals surface area contributed by atoms with Crippen molar-refractivity contribution in [2.45, 2.75) is 84.0 Å². The van der Waals surface area contributed by atoms with E-state index in [1.165, 1.54) is 22.8 Å². The first-order valence-corrected chi connectivity index (χ1v) is 14.7. The Bertz CT molecular complexity index is 1630. The van der Waals surface area contributed by atoms with Gasteiger partial charge in [0.15, 0.2) is 0 Å². The number of benzene rings is 2. The van der Waals surface area contributed by atoms with E-state index in [1.807, 2.05) is 6.07 Å². The van der Waals surface area contributed by atoms with Crippen LogP contribution < -0.4 is 20.3 Å². The van der Waals surface area contributed by atoms with Gasteiger partial charge in [-0.05, 0) is 107 Å². The SMILES string of the molecule is Cc1cc(F)cc(C)c1Oc1ccc(C(C)(C)O)cc1-c1cn(C)c(=O)cc1OC1CCC(NC(=O)C2(C#N)CC2)CC1. The first-order chi connectivity index (χ1) is 20.3. The summed E-state index contributed by atoms with van der Waals surface area (Å²) < 4.78 is 28.4. The maximum atomic E-state index is 14.0. The Morgan fingerprint density at radius 3 is 2.30 bits per heavy atom. The van der Waals surface area contributed by atoms with Crippen LogP contribution in [0.1, 0.15) is 69.1 Å². The quantitative estimate of drug-likeness (QED) is 0.337. The smallest absolute Gasteiger partial charge is 0.254 e. The number of nitrogens with one attached hydrogen (secondary N) is 1. The maximum absolute atomic E-state index is 14.0. The number of aromatic nitrogens is 1. The Hall–Kier alpha value is -4.16. The average Bonchev–Trinajstić information content (AvgIpc) is 3.75. The van der Waals surface area contributed by atoms with Crippen LogP contribution in [0.15, 0.2) is 47.4 Å². The molecule has 0 atom stereocenters. The lowest BCUT2D eigenvalue weighted by Crippen LogP contribution is -2.42. The van der Waals surface area contributed by atoms with Gasteiger partial charge in [-0.2, -0.15) is 5.26 Å². The highest BCUT2D eigenvalue weighted by Crippen LogP contribution is 2.45. The van der Waals surface area contributed by atoms with Gasteiger partial charge < -0.3 is 24.5 Å². The number of rotatable bonds is 8. The van der Waals surface area contributed by atoms with E-state index in [0.717, 1.165) is 0 Å². The van der Waals surface area contributed by atoms with Gasteiger partial charge in [0, 0.05) is 36.5 Å². The topological polar surface area (TPSA) is 114 Å². The molecule has 2 aliphatic carbocycles. The molecule has 2 aromatic carbocycles. The number of ether oxygens (including phenoxy) is 2. The molecule has 1 amide bonds. The van der Waals surface area contributed by atoms with Crippen LogP contribution in [-0.2, 0) is 17.4 Å². The van der Waals surface area contributed by atoms with Crippen LogP contribution in [0.25, 0.3) is 11.1 Å². The summed E-state index contributed by atoms with van der Waals surface area (Å²) in [5.41, 5.74) is 0.901. The molecule has 5 rings (SSSR count). The fraction of sp³-hybridized carbons (Fsp3) is 0.441. The standard InChI is InChI=1S/C34H38FN3O5/c1-20-14-23(35)15-21(2)31(20)43-28-11-6-22(33(3,4)41)16-26(28)27-18-38(5)30(39)17-29(27)42-25-9-7-24(8-10-25)37-32(40)34(19-36)12-13-34/h6,11,14-18,24-25,41H,7-10,12-13H2,1-5H3,(H,37,40). The Balaban J connectivity index is 1.46. The van der Waals surface area contributed by atoms with E-state index < -0.39 is 11.0 Å². The highest BCUT2D eigenvalue weighted by atomic mass is 19.1. The number of carbonyl (C=O) groups excluding carboxylic acids is 1. The molecule has 2 N–H and O–H groups in total. The van der Waals surface area contributed by atoms with Gasteiger partial charge in [0.2, 0.25) is 5.91 Å². The zero-order chi connectivity index (χ0) is 31.1. The number of aryl methyl sites for hydroxylation is 3. The van der Waals surface area contributed by atoms with Crippen LogP contribution in [-0.4, -0.2) is 27.7 Å². The van der Waals surface area contributed by atoms with E-state index in [2.05, 4.69) is 11.4 Å². The Morgan fingerprint density at radius 1 is 1.07 bits per heavy atom. The third-order valence-electron chi connectivity index (χ3n) is 8.51. The summed E-state index contributed by atoms with van der Waals surface area (Å²) in [5, 5.41) is 23.2. The van der Waals surface area contributed by atoms with E-state index in [0.29, 0.717) is 83.6 Å². The van der Waals surface area contributed by atoms with Crippen LogP contribution in [0.4, 0.5) is 4.39 Å². The molecule has 0 aliphatic heterocycles. The summed E-state index contributed by atoms with van der Waals surface area (Å²) in [5.74, 6) is 0.851. The third kappa shape index (κ3) is 6.45. The molecule has 0 saturated heterocycles. The molecule has 2 aliphatic rings. The maximum Gasteiger partial charge on any atom is 0.254 e. The minimum atomic E-state index is -1.15. The fourth-order valence-corrected chi connectivity index (χ4v) is 5.63. The molecular weight excluding hydrogens is 549 g/mol. The largest absolute Gasteiger partial charge is 0.490 e. The van der Waals surface area contributed by atoms with Gasteiger partial charge in [-0.1, -0.05) is 6.07 Å². The second-order valence-corrected chi connectivity index (χ2v) is 12.5. The lowest BCUT2D eigenvalue weighted by atomic mass is 9.91. The van der Waals surface area contributed by atoms with E-state index in [4.69, 9.17) is 9.47 Å². The molecule has 1 heterocycles. The van der Waals surface area contributed by atoms with Crippen LogP contribution in [0.3, 0.4) is 0 Å². The van der Waals surface area contributed by atoms with Crippen molar-refractivity contribution >= 4 is 5.91 Å². The second-order valence-electron chi connectivity index (χ2n) is 12.5. The lowest BCUT2D eigenvalue weighted by molar-refractivity contribution is -0.125. The Kier molecular flexibility index (Phi) is 8.10. The summed E-state index contributed by atoms with van der Waals surface area (Å²) in [4.78, 5) is 25.3. The van der Waals surface area contributed by atoms with Crippen molar-refractivity contribution in [2.75, 3.05) is 0 Å². The molecule has 226 valence electrons. The van der Waals surface area contributed by atoms with Gasteiger partial charge in [-0.3, -0.25) is 9.59 Å². The summed E-state index contributed by atoms with van der Waals surface area (Å²) in [6.45, 7) is 6.94. The predicted molar refractivity (Wildman–Crippen MR) is 160 cm³/mol. The summed E-state index contributed by atoms with van der Waals surface area (Å²) in [6.07, 6.45) is 5.46. The van der Waals surface area contributed by atoms with Gasteiger partial charge >= 0.3 is 0 Å². The number of halogens is 1. The number of amides is 1. The second kappa shape index (κ2) is 11.5. The Labute approximate surface area is 251 Å². The van der Waals surface area contributed by atoms with Crippen molar-refractivity contribution in [1.82, 2.24) is 9.88 Å². The van der Waals surface area contributed by atoms with Crippen LogP contribution >= 0.6 is 0 Å². The van der Waals surface area contributed by atoms with Crippen molar-refractivity contribution in [2.24, 2.45) is 12.5 Å². The summed E-state index contributed by atoms with van der Waals surface area (Å²) >= 11 is 0. The average molecular weight is 588 g/mol. The number of nitriles is 1. The molecule has 8 nitrogen and oxygen atoms in total. The van der Waals surface area contributed by atoms with Crippen LogP contribution in [0.5, 0.6) is 17.2 Å². The van der Waals surface area contributed by atoms with Crippen molar-refractivity contribution in [3.05, 3.63) is 75.5 Å². The third-order valence-corrected chi connectivity index (χ3v) is 8.51. The van der Waals surface area contributed by atoms with E-state index in [1.54, 1.807) is 53.1 Å².